The van der Waals surface area contributed by atoms with E-state index in [2.05, 4.69) is 21.5 Å². The van der Waals surface area contributed by atoms with E-state index in [4.69, 9.17) is 0 Å². The largest absolute Gasteiger partial charge is 0.349 e. The lowest BCUT2D eigenvalue weighted by Gasteiger charge is -2.42. The first kappa shape index (κ1) is 16.5. The summed E-state index contributed by atoms with van der Waals surface area (Å²) < 4.78 is 40.9. The molecule has 0 spiro atoms. The van der Waals surface area contributed by atoms with Crippen molar-refractivity contribution in [2.45, 2.75) is 18.0 Å². The Morgan fingerprint density at radius 1 is 1.28 bits per heavy atom. The minimum atomic E-state index is -3.67. The third kappa shape index (κ3) is 2.29. The number of nitrogens with zero attached hydrogens (tertiary/aromatic N) is 5. The molecule has 0 radical (unpaired) electrons. The molecular formula is C16H20FN5O2S. The zero-order valence-corrected chi connectivity index (χ0v) is 15.3. The van der Waals surface area contributed by atoms with Gasteiger partial charge < -0.3 is 14.7 Å². The van der Waals surface area contributed by atoms with Gasteiger partial charge in [0, 0.05) is 26.7 Å². The van der Waals surface area contributed by atoms with Crippen molar-refractivity contribution in [3.8, 4) is 0 Å². The monoisotopic (exact) mass is 365 g/mol. The second-order valence-corrected chi connectivity index (χ2v) is 8.79. The van der Waals surface area contributed by atoms with Crippen molar-refractivity contribution >= 4 is 21.4 Å². The topological polar surface area (TPSA) is 69.1 Å². The molecule has 134 valence electrons. The first-order valence-electron chi connectivity index (χ1n) is 8.10. The van der Waals surface area contributed by atoms with Gasteiger partial charge in [0.1, 0.15) is 11.7 Å². The number of hydrogen-bond donors (Lipinski definition) is 0. The molecule has 9 heteroatoms. The van der Waals surface area contributed by atoms with E-state index in [1.807, 2.05) is 11.9 Å². The van der Waals surface area contributed by atoms with Gasteiger partial charge in [0.15, 0.2) is 20.7 Å². The molecule has 0 N–H and O–H groups in total. The van der Waals surface area contributed by atoms with Crippen LogP contribution >= 0.6 is 0 Å². The molecule has 1 fully saturated rings. The lowest BCUT2D eigenvalue weighted by molar-refractivity contribution is 0.164. The van der Waals surface area contributed by atoms with E-state index in [9.17, 15) is 12.8 Å². The predicted octanol–water partition coefficient (Wildman–Crippen LogP) is 0.600. The SMILES string of the molecule is C=C1N=C2c3c(nc(C)c(F)c3N1C)S(=O)(=O)CC1CN(C)CCN21. The Morgan fingerprint density at radius 3 is 2.72 bits per heavy atom. The van der Waals surface area contributed by atoms with Crippen LogP contribution < -0.4 is 4.90 Å². The second-order valence-electron chi connectivity index (χ2n) is 6.84. The fourth-order valence-corrected chi connectivity index (χ4v) is 5.46. The van der Waals surface area contributed by atoms with Gasteiger partial charge in [0.05, 0.1) is 28.7 Å². The number of rotatable bonds is 0. The van der Waals surface area contributed by atoms with Crippen LogP contribution in [0.4, 0.5) is 10.1 Å². The number of anilines is 1. The summed E-state index contributed by atoms with van der Waals surface area (Å²) in [6.07, 6.45) is 0. The highest BCUT2D eigenvalue weighted by atomic mass is 32.2. The van der Waals surface area contributed by atoms with Crippen LogP contribution in [0.1, 0.15) is 11.3 Å². The molecule has 0 amide bonds. The number of hydrogen-bond acceptors (Lipinski definition) is 7. The van der Waals surface area contributed by atoms with Crippen LogP contribution in [0.15, 0.2) is 22.4 Å². The maximum absolute atomic E-state index is 14.9. The fourth-order valence-electron chi connectivity index (χ4n) is 3.74. The number of pyridine rings is 1. The smallest absolute Gasteiger partial charge is 0.198 e. The number of aryl methyl sites for hydroxylation is 1. The summed E-state index contributed by atoms with van der Waals surface area (Å²) in [6.45, 7) is 7.39. The van der Waals surface area contributed by atoms with Crippen molar-refractivity contribution < 1.29 is 12.8 Å². The quantitative estimate of drug-likeness (QED) is 0.671. The van der Waals surface area contributed by atoms with Gasteiger partial charge in [-0.3, -0.25) is 0 Å². The zero-order valence-electron chi connectivity index (χ0n) is 14.5. The molecule has 1 atom stereocenters. The van der Waals surface area contributed by atoms with Gasteiger partial charge >= 0.3 is 0 Å². The average molecular weight is 365 g/mol. The van der Waals surface area contributed by atoms with Crippen LogP contribution in [0.25, 0.3) is 0 Å². The van der Waals surface area contributed by atoms with E-state index in [0.29, 0.717) is 24.7 Å². The first-order chi connectivity index (χ1) is 11.7. The molecule has 0 bridgehead atoms. The summed E-state index contributed by atoms with van der Waals surface area (Å²) in [6, 6.07) is -0.246. The summed E-state index contributed by atoms with van der Waals surface area (Å²) in [4.78, 5) is 14.2. The van der Waals surface area contributed by atoms with Crippen molar-refractivity contribution in [3.63, 3.8) is 0 Å². The number of aromatic nitrogens is 1. The number of likely N-dealkylation sites (N-methyl/N-ethyl adjacent to an activating group) is 1. The maximum Gasteiger partial charge on any atom is 0.198 e. The van der Waals surface area contributed by atoms with Gasteiger partial charge in [-0.2, -0.15) is 0 Å². The molecule has 0 aliphatic carbocycles. The number of fused-ring (bicyclic) bond motifs is 2. The normalized spacial score (nSPS) is 25.2. The van der Waals surface area contributed by atoms with E-state index >= 15 is 0 Å². The van der Waals surface area contributed by atoms with Crippen molar-refractivity contribution in [3.05, 3.63) is 29.5 Å². The highest BCUT2D eigenvalue weighted by Crippen LogP contribution is 2.39. The van der Waals surface area contributed by atoms with Crippen molar-refractivity contribution in [2.75, 3.05) is 44.4 Å². The molecule has 1 aromatic rings. The van der Waals surface area contributed by atoms with Gasteiger partial charge in [-0.25, -0.2) is 22.8 Å². The number of aliphatic imine (C=N–C) groups is 1. The van der Waals surface area contributed by atoms with Crippen LogP contribution in [-0.4, -0.2) is 74.6 Å². The molecule has 1 saturated heterocycles. The minimum Gasteiger partial charge on any atom is -0.349 e. The summed E-state index contributed by atoms with van der Waals surface area (Å²) in [7, 11) is -0.0656. The molecule has 4 rings (SSSR count). The zero-order chi connectivity index (χ0) is 18.1. The van der Waals surface area contributed by atoms with Crippen LogP contribution in [0, 0.1) is 12.7 Å². The van der Waals surface area contributed by atoms with Crippen molar-refractivity contribution in [1.82, 2.24) is 14.8 Å². The molecular weight excluding hydrogens is 345 g/mol. The Morgan fingerprint density at radius 2 is 2.00 bits per heavy atom. The van der Waals surface area contributed by atoms with Crippen LogP contribution in [-0.2, 0) is 9.84 Å². The lowest BCUT2D eigenvalue weighted by atomic mass is 10.1. The Hall–Kier alpha value is -2.00. The Kier molecular flexibility index (Phi) is 3.46. The highest BCUT2D eigenvalue weighted by Gasteiger charge is 2.44. The van der Waals surface area contributed by atoms with E-state index < -0.39 is 15.7 Å². The third-order valence-electron chi connectivity index (χ3n) is 5.09. The predicted molar refractivity (Wildman–Crippen MR) is 93.1 cm³/mol. The standard InChI is InChI=1S/C16H20FN5O2S/c1-9-13(17)14-12-15(19-10(2)21(14)4)22-6-5-20(3)7-11(22)8-25(23,24)16(12)18-9/h11H,2,5-8H2,1,3-4H3. The summed E-state index contributed by atoms with van der Waals surface area (Å²) >= 11 is 0. The lowest BCUT2D eigenvalue weighted by Crippen LogP contribution is -2.56. The summed E-state index contributed by atoms with van der Waals surface area (Å²) in [5.74, 6) is 0.267. The van der Waals surface area contributed by atoms with Crippen molar-refractivity contribution in [1.29, 1.82) is 0 Å². The number of piperazine rings is 1. The molecule has 3 aliphatic heterocycles. The van der Waals surface area contributed by atoms with Crippen molar-refractivity contribution in [2.24, 2.45) is 4.99 Å². The number of sulfone groups is 1. The fraction of sp³-hybridized carbons (Fsp3) is 0.500. The van der Waals surface area contributed by atoms with Crippen LogP contribution in [0.2, 0.25) is 0 Å². The van der Waals surface area contributed by atoms with E-state index in [0.717, 1.165) is 6.54 Å². The molecule has 1 aromatic heterocycles. The maximum atomic E-state index is 14.9. The third-order valence-corrected chi connectivity index (χ3v) is 6.80. The summed E-state index contributed by atoms with van der Waals surface area (Å²) in [5.41, 5.74) is 0.529. The number of halogens is 1. The molecule has 1 unspecified atom stereocenters. The molecule has 25 heavy (non-hydrogen) atoms. The highest BCUT2D eigenvalue weighted by molar-refractivity contribution is 7.91. The Labute approximate surface area is 146 Å². The van der Waals surface area contributed by atoms with E-state index in [1.54, 1.807) is 7.05 Å². The first-order valence-corrected chi connectivity index (χ1v) is 9.75. The van der Waals surface area contributed by atoms with Crippen LogP contribution in [0.5, 0.6) is 0 Å². The Bertz CT molecular complexity index is 927. The number of amidine groups is 1. The van der Waals surface area contributed by atoms with Gasteiger partial charge in [-0.1, -0.05) is 6.58 Å². The Balaban J connectivity index is 2.06. The molecule has 0 saturated carbocycles. The molecule has 4 heterocycles. The van der Waals surface area contributed by atoms with Gasteiger partial charge in [-0.15, -0.1) is 0 Å². The molecule has 3 aliphatic rings. The van der Waals surface area contributed by atoms with Gasteiger partial charge in [0.2, 0.25) is 0 Å². The van der Waals surface area contributed by atoms with Crippen LogP contribution in [0.3, 0.4) is 0 Å². The summed E-state index contributed by atoms with van der Waals surface area (Å²) in [5, 5.41) is -0.0726. The van der Waals surface area contributed by atoms with Gasteiger partial charge in [-0.05, 0) is 14.0 Å². The van der Waals surface area contributed by atoms with Gasteiger partial charge in [0.25, 0.3) is 0 Å². The molecule has 0 aromatic carbocycles. The van der Waals surface area contributed by atoms with E-state index in [-0.39, 0.29) is 33.8 Å². The molecule has 7 nitrogen and oxygen atoms in total. The second kappa shape index (κ2) is 5.25. The van der Waals surface area contributed by atoms with E-state index in [1.165, 1.54) is 11.8 Å². The minimum absolute atomic E-state index is 0.0585. The average Bonchev–Trinajstić information content (AvgIpc) is 2.61.